The molecule has 2 heterocycles. The number of methoxy groups -OCH3 is 5. The van der Waals surface area contributed by atoms with Crippen molar-refractivity contribution in [3.63, 3.8) is 0 Å². The van der Waals surface area contributed by atoms with Crippen LogP contribution in [0.3, 0.4) is 0 Å². The Kier molecular flexibility index (Phi) is 7.62. The first-order chi connectivity index (χ1) is 17.5. The van der Waals surface area contributed by atoms with Crippen molar-refractivity contribution in [2.75, 3.05) is 66.6 Å². The van der Waals surface area contributed by atoms with Gasteiger partial charge in [-0.05, 0) is 42.5 Å². The fourth-order valence-electron chi connectivity index (χ4n) is 4.17. The number of hydrogen-bond donors (Lipinski definition) is 0. The normalized spacial score (nSPS) is 13.2. The lowest BCUT2D eigenvalue weighted by atomic mass is 10.1. The summed E-state index contributed by atoms with van der Waals surface area (Å²) in [5.41, 5.74) is 2.05. The van der Waals surface area contributed by atoms with Gasteiger partial charge in [0.05, 0.1) is 41.2 Å². The van der Waals surface area contributed by atoms with E-state index in [1.165, 1.54) is 0 Å². The van der Waals surface area contributed by atoms with Gasteiger partial charge in [-0.1, -0.05) is 0 Å². The van der Waals surface area contributed by atoms with E-state index in [4.69, 9.17) is 23.7 Å². The Morgan fingerprint density at radius 2 is 1.33 bits per heavy atom. The molecular weight excluding hydrogens is 464 g/mol. The van der Waals surface area contributed by atoms with Gasteiger partial charge in [-0.15, -0.1) is 10.2 Å². The molecule has 4 rings (SSSR count). The Morgan fingerprint density at radius 3 is 1.86 bits per heavy atom. The fraction of sp³-hybridized carbons (Fsp3) is 0.346. The van der Waals surface area contributed by atoms with E-state index < -0.39 is 0 Å². The molecule has 36 heavy (non-hydrogen) atoms. The molecule has 0 unspecified atom stereocenters. The van der Waals surface area contributed by atoms with Crippen molar-refractivity contribution in [1.82, 2.24) is 15.1 Å². The molecule has 1 aromatic heterocycles. The van der Waals surface area contributed by atoms with Gasteiger partial charge in [-0.2, -0.15) is 0 Å². The van der Waals surface area contributed by atoms with Crippen molar-refractivity contribution < 1.29 is 28.5 Å². The lowest BCUT2D eigenvalue weighted by Gasteiger charge is -2.35. The van der Waals surface area contributed by atoms with E-state index in [1.807, 2.05) is 29.2 Å². The van der Waals surface area contributed by atoms with E-state index in [9.17, 15) is 4.79 Å². The van der Waals surface area contributed by atoms with Gasteiger partial charge < -0.3 is 33.5 Å². The summed E-state index contributed by atoms with van der Waals surface area (Å²) in [6.45, 7) is 2.45. The molecular formula is C26H30N4O6. The summed E-state index contributed by atoms with van der Waals surface area (Å²) in [7, 11) is 7.84. The molecule has 0 aliphatic carbocycles. The monoisotopic (exact) mass is 494 g/mol. The summed E-state index contributed by atoms with van der Waals surface area (Å²) in [6, 6.07) is 12.7. The maximum absolute atomic E-state index is 13.0. The highest BCUT2D eigenvalue weighted by Gasteiger charge is 2.24. The van der Waals surface area contributed by atoms with Gasteiger partial charge in [0.1, 0.15) is 0 Å². The van der Waals surface area contributed by atoms with Crippen LogP contribution in [0.5, 0.6) is 28.7 Å². The van der Waals surface area contributed by atoms with Crippen LogP contribution in [-0.4, -0.2) is 82.7 Å². The first-order valence-electron chi connectivity index (χ1n) is 11.4. The summed E-state index contributed by atoms with van der Waals surface area (Å²) in [6.07, 6.45) is 0. The zero-order valence-corrected chi connectivity index (χ0v) is 21.1. The molecule has 0 spiro atoms. The van der Waals surface area contributed by atoms with Crippen molar-refractivity contribution in [3.8, 4) is 40.0 Å². The van der Waals surface area contributed by atoms with Crippen molar-refractivity contribution in [1.29, 1.82) is 0 Å². The molecule has 3 aromatic rings. The highest BCUT2D eigenvalue weighted by Crippen LogP contribution is 2.40. The van der Waals surface area contributed by atoms with Crippen LogP contribution in [0.2, 0.25) is 0 Å². The number of benzene rings is 2. The molecule has 1 aliphatic rings. The van der Waals surface area contributed by atoms with E-state index in [0.717, 1.165) is 11.4 Å². The number of rotatable bonds is 8. The van der Waals surface area contributed by atoms with Gasteiger partial charge in [0.25, 0.3) is 5.91 Å². The van der Waals surface area contributed by atoms with E-state index in [2.05, 4.69) is 15.1 Å². The Morgan fingerprint density at radius 1 is 0.694 bits per heavy atom. The molecule has 190 valence electrons. The fourth-order valence-corrected chi connectivity index (χ4v) is 4.17. The third kappa shape index (κ3) is 4.93. The predicted molar refractivity (Wildman–Crippen MR) is 135 cm³/mol. The Labute approximate surface area is 210 Å². The first-order valence-corrected chi connectivity index (χ1v) is 11.4. The summed E-state index contributed by atoms with van der Waals surface area (Å²) < 4.78 is 26.9. The van der Waals surface area contributed by atoms with Gasteiger partial charge in [0, 0.05) is 37.3 Å². The predicted octanol–water partition coefficient (Wildman–Crippen LogP) is 3.15. The quantitative estimate of drug-likeness (QED) is 0.468. The minimum absolute atomic E-state index is 0.0422. The second-order valence-electron chi connectivity index (χ2n) is 8.04. The van der Waals surface area contributed by atoms with Crippen molar-refractivity contribution >= 4 is 11.7 Å². The van der Waals surface area contributed by atoms with Gasteiger partial charge in [0.2, 0.25) is 5.75 Å². The topological polar surface area (TPSA) is 95.5 Å². The highest BCUT2D eigenvalue weighted by molar-refractivity contribution is 5.95. The van der Waals surface area contributed by atoms with Gasteiger partial charge in [0.15, 0.2) is 28.8 Å². The minimum atomic E-state index is -0.0422. The van der Waals surface area contributed by atoms with E-state index in [1.54, 1.807) is 53.7 Å². The number of ether oxygens (including phenoxy) is 5. The number of aromatic nitrogens is 2. The third-order valence-electron chi connectivity index (χ3n) is 6.13. The van der Waals surface area contributed by atoms with Crippen LogP contribution < -0.4 is 28.6 Å². The number of carbonyl (C=O) groups excluding carboxylic acids is 1. The van der Waals surface area contributed by atoms with Crippen LogP contribution in [0.25, 0.3) is 11.3 Å². The molecule has 0 bridgehead atoms. The maximum atomic E-state index is 13.0. The standard InChI is InChI=1S/C26H30N4O6/c1-32-20-8-6-17(14-21(20)33-2)26(31)30-12-10-29(11-13-30)24-9-7-19(27-28-24)18-15-22(34-3)25(36-5)23(16-18)35-4/h6-9,14-16H,10-13H2,1-5H3. The molecule has 0 radical (unpaired) electrons. The molecule has 10 heteroatoms. The van der Waals surface area contributed by atoms with E-state index >= 15 is 0 Å². The SMILES string of the molecule is COc1ccc(C(=O)N2CCN(c3ccc(-c4cc(OC)c(OC)c(OC)c4)nn3)CC2)cc1OC. The van der Waals surface area contributed by atoms with Crippen molar-refractivity contribution in [3.05, 3.63) is 48.0 Å². The zero-order chi connectivity index (χ0) is 25.7. The van der Waals surface area contributed by atoms with Crippen LogP contribution in [0, 0.1) is 0 Å². The number of amides is 1. The first kappa shape index (κ1) is 24.9. The highest BCUT2D eigenvalue weighted by atomic mass is 16.5. The average Bonchev–Trinajstić information content (AvgIpc) is 2.95. The number of nitrogens with zero attached hydrogens (tertiary/aromatic N) is 4. The minimum Gasteiger partial charge on any atom is -0.493 e. The second kappa shape index (κ2) is 11.0. The summed E-state index contributed by atoms with van der Waals surface area (Å²) in [5, 5.41) is 8.85. The molecule has 1 saturated heterocycles. The largest absolute Gasteiger partial charge is 0.493 e. The van der Waals surface area contributed by atoms with Crippen LogP contribution >= 0.6 is 0 Å². The summed E-state index contributed by atoms with van der Waals surface area (Å²) >= 11 is 0. The van der Waals surface area contributed by atoms with Crippen LogP contribution in [-0.2, 0) is 0 Å². The smallest absolute Gasteiger partial charge is 0.254 e. The van der Waals surface area contributed by atoms with Gasteiger partial charge in [-0.25, -0.2) is 0 Å². The van der Waals surface area contributed by atoms with Crippen LogP contribution in [0.1, 0.15) is 10.4 Å². The van der Waals surface area contributed by atoms with Gasteiger partial charge in [-0.3, -0.25) is 4.79 Å². The average molecular weight is 495 g/mol. The lowest BCUT2D eigenvalue weighted by Crippen LogP contribution is -2.49. The zero-order valence-electron chi connectivity index (χ0n) is 21.1. The van der Waals surface area contributed by atoms with E-state index in [0.29, 0.717) is 66.2 Å². The molecule has 10 nitrogen and oxygen atoms in total. The maximum Gasteiger partial charge on any atom is 0.254 e. The van der Waals surface area contributed by atoms with Crippen molar-refractivity contribution in [2.24, 2.45) is 0 Å². The number of anilines is 1. The molecule has 1 aliphatic heterocycles. The Bertz CT molecular complexity index is 1180. The van der Waals surface area contributed by atoms with E-state index in [-0.39, 0.29) is 5.91 Å². The third-order valence-corrected chi connectivity index (χ3v) is 6.13. The van der Waals surface area contributed by atoms with Gasteiger partial charge >= 0.3 is 0 Å². The van der Waals surface area contributed by atoms with Crippen LogP contribution in [0.4, 0.5) is 5.82 Å². The number of hydrogen-bond acceptors (Lipinski definition) is 9. The molecule has 1 fully saturated rings. The number of piperazine rings is 1. The number of carbonyl (C=O) groups is 1. The lowest BCUT2D eigenvalue weighted by molar-refractivity contribution is 0.0746. The molecule has 0 atom stereocenters. The molecule has 2 aromatic carbocycles. The summed E-state index contributed by atoms with van der Waals surface area (Å²) in [5.74, 6) is 3.45. The second-order valence-corrected chi connectivity index (χ2v) is 8.04. The van der Waals surface area contributed by atoms with Crippen LogP contribution in [0.15, 0.2) is 42.5 Å². The molecule has 0 N–H and O–H groups in total. The molecule has 0 saturated carbocycles. The Hall–Kier alpha value is -4.21. The molecule has 1 amide bonds. The Balaban J connectivity index is 1.43. The summed E-state index contributed by atoms with van der Waals surface area (Å²) in [4.78, 5) is 17.0. The van der Waals surface area contributed by atoms with Crippen molar-refractivity contribution in [2.45, 2.75) is 0 Å².